The van der Waals surface area contributed by atoms with E-state index in [0.29, 0.717) is 22.0 Å². The zero-order chi connectivity index (χ0) is 12.4. The van der Waals surface area contributed by atoms with Crippen LogP contribution in [0.15, 0.2) is 29.6 Å². The van der Waals surface area contributed by atoms with E-state index in [4.69, 9.17) is 17.3 Å². The summed E-state index contributed by atoms with van der Waals surface area (Å²) in [5, 5.41) is 4.99. The molecule has 1 aromatic carbocycles. The molecule has 1 aromatic heterocycles. The number of anilines is 2. The predicted octanol–water partition coefficient (Wildman–Crippen LogP) is 3.84. The smallest absolute Gasteiger partial charge is 0.256 e. The summed E-state index contributed by atoms with van der Waals surface area (Å²) < 4.78 is 1.07. The molecule has 1 heterocycles. The molecule has 0 aliphatic rings. The quantitative estimate of drug-likeness (QED) is 0.616. The molecule has 3 nitrogen and oxygen atoms in total. The van der Waals surface area contributed by atoms with Gasteiger partial charge in [0.05, 0.1) is 19.2 Å². The van der Waals surface area contributed by atoms with Gasteiger partial charge >= 0.3 is 0 Å². The van der Waals surface area contributed by atoms with Crippen molar-refractivity contribution in [2.45, 2.75) is 0 Å². The van der Waals surface area contributed by atoms with E-state index in [1.54, 1.807) is 18.2 Å². The molecule has 0 aliphatic heterocycles. The van der Waals surface area contributed by atoms with Crippen LogP contribution >= 0.6 is 45.5 Å². The summed E-state index contributed by atoms with van der Waals surface area (Å²) in [7, 11) is 0. The zero-order valence-corrected chi connectivity index (χ0v) is 12.3. The summed E-state index contributed by atoms with van der Waals surface area (Å²) in [6.45, 7) is 0. The van der Waals surface area contributed by atoms with E-state index in [1.807, 2.05) is 11.4 Å². The van der Waals surface area contributed by atoms with Crippen molar-refractivity contribution in [3.05, 3.63) is 43.1 Å². The van der Waals surface area contributed by atoms with Gasteiger partial charge in [0.2, 0.25) is 0 Å². The van der Waals surface area contributed by atoms with Gasteiger partial charge in [0.15, 0.2) is 0 Å². The Morgan fingerprint density at radius 2 is 2.18 bits per heavy atom. The van der Waals surface area contributed by atoms with Crippen LogP contribution in [-0.4, -0.2) is 5.91 Å². The maximum atomic E-state index is 11.9. The number of carbonyl (C=O) groups is 1. The largest absolute Gasteiger partial charge is 0.399 e. The number of nitrogens with two attached hydrogens (primary N) is 1. The summed E-state index contributed by atoms with van der Waals surface area (Å²) in [6.07, 6.45) is 0. The normalized spacial score (nSPS) is 10.2. The molecule has 0 spiro atoms. The van der Waals surface area contributed by atoms with Gasteiger partial charge in [-0.3, -0.25) is 4.79 Å². The van der Waals surface area contributed by atoms with Crippen LogP contribution in [-0.2, 0) is 0 Å². The number of hydrogen-bond acceptors (Lipinski definition) is 3. The van der Waals surface area contributed by atoms with Crippen molar-refractivity contribution in [1.29, 1.82) is 0 Å². The third kappa shape index (κ3) is 3.11. The molecule has 0 unspecified atom stereocenters. The third-order valence-electron chi connectivity index (χ3n) is 2.07. The summed E-state index contributed by atoms with van der Waals surface area (Å²) in [4.78, 5) is 11.9. The number of benzene rings is 1. The van der Waals surface area contributed by atoms with E-state index < -0.39 is 0 Å². The molecule has 17 heavy (non-hydrogen) atoms. The van der Waals surface area contributed by atoms with Crippen LogP contribution in [0.3, 0.4) is 0 Å². The minimum absolute atomic E-state index is 0.171. The first-order chi connectivity index (χ1) is 8.06. The van der Waals surface area contributed by atoms with Gasteiger partial charge in [-0.1, -0.05) is 11.6 Å². The van der Waals surface area contributed by atoms with Crippen LogP contribution in [0.25, 0.3) is 0 Å². The second kappa shape index (κ2) is 5.24. The Labute approximate surface area is 121 Å². The number of nitrogen functional groups attached to an aromatic ring is 1. The summed E-state index contributed by atoms with van der Waals surface area (Å²) in [5.41, 5.74) is 7.34. The van der Waals surface area contributed by atoms with E-state index in [-0.39, 0.29) is 5.91 Å². The van der Waals surface area contributed by atoms with Crippen molar-refractivity contribution in [2.75, 3.05) is 11.1 Å². The fourth-order valence-corrected chi connectivity index (χ4v) is 2.82. The Morgan fingerprint density at radius 1 is 1.41 bits per heavy atom. The maximum absolute atomic E-state index is 11.9. The molecular weight excluding hydrogens is 371 g/mol. The van der Waals surface area contributed by atoms with Crippen molar-refractivity contribution in [1.82, 2.24) is 0 Å². The monoisotopic (exact) mass is 378 g/mol. The summed E-state index contributed by atoms with van der Waals surface area (Å²) >= 11 is 9.67. The number of amides is 1. The number of nitrogens with one attached hydrogen (secondary N) is 1. The molecule has 0 bridgehead atoms. The van der Waals surface area contributed by atoms with Gasteiger partial charge in [0, 0.05) is 11.1 Å². The summed E-state index contributed by atoms with van der Waals surface area (Å²) in [5.74, 6) is -0.171. The van der Waals surface area contributed by atoms with E-state index in [0.717, 1.165) is 2.88 Å². The summed E-state index contributed by atoms with van der Waals surface area (Å²) in [6, 6.07) is 6.81. The van der Waals surface area contributed by atoms with Crippen molar-refractivity contribution in [3.8, 4) is 0 Å². The van der Waals surface area contributed by atoms with Gasteiger partial charge in [0.25, 0.3) is 5.91 Å². The molecule has 0 saturated heterocycles. The lowest BCUT2D eigenvalue weighted by Gasteiger charge is -2.06. The fraction of sp³-hybridized carbons (Fsp3) is 0. The second-order valence-corrected chi connectivity index (χ2v) is 6.55. The molecule has 0 radical (unpaired) electrons. The lowest BCUT2D eigenvalue weighted by molar-refractivity contribution is 0.102. The first-order valence-electron chi connectivity index (χ1n) is 4.66. The van der Waals surface area contributed by atoms with Gasteiger partial charge in [-0.05, 0) is 46.9 Å². The van der Waals surface area contributed by atoms with Gasteiger partial charge < -0.3 is 11.1 Å². The standard InChI is InChI=1S/C11H8ClIN2OS/c12-8-4-7(14)1-2-9(8)15-11(16)6-3-10(13)17-5-6/h1-5H,14H2,(H,15,16). The average molecular weight is 379 g/mol. The van der Waals surface area contributed by atoms with Gasteiger partial charge in [-0.25, -0.2) is 0 Å². The van der Waals surface area contributed by atoms with E-state index >= 15 is 0 Å². The highest BCUT2D eigenvalue weighted by Crippen LogP contribution is 2.25. The molecule has 88 valence electrons. The SMILES string of the molecule is Nc1ccc(NC(=O)c2csc(I)c2)c(Cl)c1. The van der Waals surface area contributed by atoms with Gasteiger partial charge in [-0.2, -0.15) is 0 Å². The van der Waals surface area contributed by atoms with Crippen LogP contribution in [0.5, 0.6) is 0 Å². The number of rotatable bonds is 2. The van der Waals surface area contributed by atoms with Crippen molar-refractivity contribution >= 4 is 62.8 Å². The Morgan fingerprint density at radius 3 is 2.76 bits per heavy atom. The van der Waals surface area contributed by atoms with Crippen LogP contribution in [0, 0.1) is 2.88 Å². The van der Waals surface area contributed by atoms with Crippen molar-refractivity contribution in [3.63, 3.8) is 0 Å². The molecular formula is C11H8ClIN2OS. The van der Waals surface area contributed by atoms with Crippen molar-refractivity contribution in [2.24, 2.45) is 0 Å². The molecule has 0 saturated carbocycles. The Hall–Kier alpha value is -0.790. The van der Waals surface area contributed by atoms with Crippen LogP contribution in [0.1, 0.15) is 10.4 Å². The minimum atomic E-state index is -0.171. The zero-order valence-electron chi connectivity index (χ0n) is 8.54. The second-order valence-electron chi connectivity index (χ2n) is 3.33. The highest BCUT2D eigenvalue weighted by atomic mass is 127. The first kappa shape index (κ1) is 12.7. The van der Waals surface area contributed by atoms with Crippen LogP contribution in [0.2, 0.25) is 5.02 Å². The Kier molecular flexibility index (Phi) is 3.90. The van der Waals surface area contributed by atoms with Gasteiger partial charge in [0.1, 0.15) is 0 Å². The third-order valence-corrected chi connectivity index (χ3v) is 4.17. The molecule has 3 N–H and O–H groups in total. The number of thiophene rings is 1. The Bertz CT molecular complexity index is 570. The highest BCUT2D eigenvalue weighted by Gasteiger charge is 2.10. The molecule has 0 atom stereocenters. The maximum Gasteiger partial charge on any atom is 0.256 e. The van der Waals surface area contributed by atoms with Gasteiger partial charge in [-0.15, -0.1) is 11.3 Å². The number of halogens is 2. The molecule has 0 aliphatic carbocycles. The predicted molar refractivity (Wildman–Crippen MR) is 80.9 cm³/mol. The lowest BCUT2D eigenvalue weighted by Crippen LogP contribution is -2.11. The lowest BCUT2D eigenvalue weighted by atomic mass is 10.2. The average Bonchev–Trinajstić information content (AvgIpc) is 2.69. The molecule has 0 fully saturated rings. The topological polar surface area (TPSA) is 55.1 Å². The Balaban J connectivity index is 2.18. The van der Waals surface area contributed by atoms with E-state index in [2.05, 4.69) is 27.9 Å². The molecule has 1 amide bonds. The van der Waals surface area contributed by atoms with Crippen LogP contribution < -0.4 is 11.1 Å². The van der Waals surface area contributed by atoms with Crippen molar-refractivity contribution < 1.29 is 4.79 Å². The molecule has 6 heteroatoms. The fourth-order valence-electron chi connectivity index (χ4n) is 1.26. The van der Waals surface area contributed by atoms with Crippen LogP contribution in [0.4, 0.5) is 11.4 Å². The minimum Gasteiger partial charge on any atom is -0.399 e. The highest BCUT2D eigenvalue weighted by molar-refractivity contribution is 14.1. The molecule has 2 rings (SSSR count). The molecule has 2 aromatic rings. The van der Waals surface area contributed by atoms with E-state index in [1.165, 1.54) is 11.3 Å². The number of hydrogen-bond donors (Lipinski definition) is 2. The first-order valence-corrected chi connectivity index (χ1v) is 7.00. The van der Waals surface area contributed by atoms with E-state index in [9.17, 15) is 4.79 Å². The number of carbonyl (C=O) groups excluding carboxylic acids is 1.